The van der Waals surface area contributed by atoms with Gasteiger partial charge in [-0.15, -0.1) is 0 Å². The summed E-state index contributed by atoms with van der Waals surface area (Å²) in [6, 6.07) is 0.375. The van der Waals surface area contributed by atoms with Crippen LogP contribution in [0.25, 0.3) is 0 Å². The molecule has 0 bridgehead atoms. The van der Waals surface area contributed by atoms with Crippen LogP contribution in [0.1, 0.15) is 52.4 Å². The zero-order chi connectivity index (χ0) is 11.1. The molecule has 0 saturated carbocycles. The van der Waals surface area contributed by atoms with Crippen molar-refractivity contribution >= 4 is 0 Å². The fourth-order valence-corrected chi connectivity index (χ4v) is 2.49. The Morgan fingerprint density at radius 2 is 2.13 bits per heavy atom. The minimum absolute atomic E-state index is 0.375. The highest BCUT2D eigenvalue weighted by molar-refractivity contribution is 4.69. The topological polar surface area (TPSA) is 29.3 Å². The van der Waals surface area contributed by atoms with Crippen molar-refractivity contribution in [3.05, 3.63) is 0 Å². The van der Waals surface area contributed by atoms with Crippen molar-refractivity contribution in [2.75, 3.05) is 19.6 Å². The quantitative estimate of drug-likeness (QED) is 0.759. The van der Waals surface area contributed by atoms with Gasteiger partial charge in [0, 0.05) is 6.04 Å². The molecule has 1 rings (SSSR count). The van der Waals surface area contributed by atoms with Crippen LogP contribution in [-0.2, 0) is 0 Å². The number of likely N-dealkylation sites (tertiary alicyclic amines) is 1. The van der Waals surface area contributed by atoms with Crippen molar-refractivity contribution in [1.82, 2.24) is 4.90 Å². The predicted octanol–water partition coefficient (Wildman–Crippen LogP) is 2.63. The van der Waals surface area contributed by atoms with Crippen LogP contribution in [0.2, 0.25) is 0 Å². The molecule has 0 aromatic heterocycles. The van der Waals surface area contributed by atoms with E-state index in [9.17, 15) is 0 Å². The highest BCUT2D eigenvalue weighted by Gasteiger charge is 2.14. The zero-order valence-corrected chi connectivity index (χ0v) is 10.5. The van der Waals surface area contributed by atoms with Gasteiger partial charge < -0.3 is 10.6 Å². The van der Waals surface area contributed by atoms with Crippen molar-refractivity contribution in [2.24, 2.45) is 11.7 Å². The Kier molecular flexibility index (Phi) is 6.26. The molecule has 0 aromatic carbocycles. The van der Waals surface area contributed by atoms with Gasteiger partial charge in [0.2, 0.25) is 0 Å². The molecule has 1 saturated heterocycles. The molecule has 0 aliphatic carbocycles. The van der Waals surface area contributed by atoms with Crippen LogP contribution in [0.3, 0.4) is 0 Å². The van der Waals surface area contributed by atoms with Crippen molar-refractivity contribution in [3.63, 3.8) is 0 Å². The van der Waals surface area contributed by atoms with Crippen LogP contribution in [-0.4, -0.2) is 30.6 Å². The van der Waals surface area contributed by atoms with Gasteiger partial charge >= 0.3 is 0 Å². The first-order valence-electron chi connectivity index (χ1n) is 6.70. The molecule has 2 heteroatoms. The lowest BCUT2D eigenvalue weighted by Crippen LogP contribution is -2.27. The van der Waals surface area contributed by atoms with E-state index >= 15 is 0 Å². The summed E-state index contributed by atoms with van der Waals surface area (Å²) in [5, 5.41) is 0. The van der Waals surface area contributed by atoms with Gasteiger partial charge in [0.05, 0.1) is 0 Å². The maximum Gasteiger partial charge on any atom is 0.00109 e. The first-order chi connectivity index (χ1) is 7.22. The van der Waals surface area contributed by atoms with Crippen LogP contribution in [0.5, 0.6) is 0 Å². The molecule has 1 heterocycles. The third-order valence-electron chi connectivity index (χ3n) is 3.65. The number of nitrogens with two attached hydrogens (primary N) is 1. The highest BCUT2D eigenvalue weighted by atomic mass is 15.1. The van der Waals surface area contributed by atoms with Gasteiger partial charge in [-0.2, -0.15) is 0 Å². The SMILES string of the molecule is CCC1CCCN(CCCC(C)N)CC1. The van der Waals surface area contributed by atoms with Crippen LogP contribution in [0.4, 0.5) is 0 Å². The number of hydrogen-bond donors (Lipinski definition) is 1. The van der Waals surface area contributed by atoms with E-state index in [4.69, 9.17) is 5.73 Å². The molecule has 90 valence electrons. The second kappa shape index (κ2) is 7.24. The molecule has 2 unspecified atom stereocenters. The molecule has 15 heavy (non-hydrogen) atoms. The van der Waals surface area contributed by atoms with Crippen molar-refractivity contribution in [1.29, 1.82) is 0 Å². The third kappa shape index (κ3) is 5.53. The Hall–Kier alpha value is -0.0800. The van der Waals surface area contributed by atoms with Gasteiger partial charge in [-0.05, 0) is 64.6 Å². The maximum atomic E-state index is 5.76. The van der Waals surface area contributed by atoms with E-state index in [1.54, 1.807) is 0 Å². The van der Waals surface area contributed by atoms with Gasteiger partial charge in [-0.3, -0.25) is 0 Å². The summed E-state index contributed by atoms with van der Waals surface area (Å²) in [5.74, 6) is 0.989. The Morgan fingerprint density at radius 1 is 1.33 bits per heavy atom. The second-order valence-electron chi connectivity index (χ2n) is 5.17. The van der Waals surface area contributed by atoms with Crippen molar-refractivity contribution < 1.29 is 0 Å². The Bertz CT molecular complexity index is 157. The maximum absolute atomic E-state index is 5.76. The van der Waals surface area contributed by atoms with E-state index in [0.29, 0.717) is 6.04 Å². The molecule has 2 N–H and O–H groups in total. The average molecular weight is 212 g/mol. The van der Waals surface area contributed by atoms with Gasteiger partial charge in [0.1, 0.15) is 0 Å². The number of nitrogens with zero attached hydrogens (tertiary/aromatic N) is 1. The van der Waals surface area contributed by atoms with Crippen LogP contribution >= 0.6 is 0 Å². The van der Waals surface area contributed by atoms with E-state index in [1.165, 1.54) is 58.2 Å². The standard InChI is InChI=1S/C13H28N2/c1-3-13-7-5-10-15(11-8-13)9-4-6-12(2)14/h12-13H,3-11,14H2,1-2H3. The molecule has 2 nitrogen and oxygen atoms in total. The summed E-state index contributed by atoms with van der Waals surface area (Å²) in [5.41, 5.74) is 5.76. The summed E-state index contributed by atoms with van der Waals surface area (Å²) in [6.45, 7) is 8.33. The fraction of sp³-hybridized carbons (Fsp3) is 1.00. The van der Waals surface area contributed by atoms with E-state index in [1.807, 2.05) is 0 Å². The molecule has 1 aliphatic heterocycles. The van der Waals surface area contributed by atoms with E-state index in [-0.39, 0.29) is 0 Å². The van der Waals surface area contributed by atoms with Crippen LogP contribution < -0.4 is 5.73 Å². The van der Waals surface area contributed by atoms with Gasteiger partial charge in [-0.1, -0.05) is 13.3 Å². The number of rotatable bonds is 5. The monoisotopic (exact) mass is 212 g/mol. The first kappa shape index (κ1) is 13.0. The van der Waals surface area contributed by atoms with E-state index < -0.39 is 0 Å². The minimum Gasteiger partial charge on any atom is -0.328 e. The smallest absolute Gasteiger partial charge is 0.00109 e. The Labute approximate surface area is 95.2 Å². The summed E-state index contributed by atoms with van der Waals surface area (Å²) in [4.78, 5) is 2.64. The lowest BCUT2D eigenvalue weighted by atomic mass is 9.98. The predicted molar refractivity (Wildman–Crippen MR) is 67.0 cm³/mol. The second-order valence-corrected chi connectivity index (χ2v) is 5.17. The van der Waals surface area contributed by atoms with E-state index in [0.717, 1.165) is 5.92 Å². The first-order valence-corrected chi connectivity index (χ1v) is 6.70. The van der Waals surface area contributed by atoms with Gasteiger partial charge in [0.25, 0.3) is 0 Å². The van der Waals surface area contributed by atoms with E-state index in [2.05, 4.69) is 18.7 Å². The number of hydrogen-bond acceptors (Lipinski definition) is 2. The summed E-state index contributed by atoms with van der Waals surface area (Å²) in [7, 11) is 0. The lowest BCUT2D eigenvalue weighted by Gasteiger charge is -2.20. The van der Waals surface area contributed by atoms with Gasteiger partial charge in [0.15, 0.2) is 0 Å². The highest BCUT2D eigenvalue weighted by Crippen LogP contribution is 2.20. The van der Waals surface area contributed by atoms with Crippen LogP contribution in [0, 0.1) is 5.92 Å². The lowest BCUT2D eigenvalue weighted by molar-refractivity contribution is 0.272. The summed E-state index contributed by atoms with van der Waals surface area (Å²) in [6.07, 6.45) is 8.07. The molecule has 0 amide bonds. The molecular weight excluding hydrogens is 184 g/mol. The van der Waals surface area contributed by atoms with Crippen molar-refractivity contribution in [2.45, 2.75) is 58.4 Å². The molecule has 0 aromatic rings. The third-order valence-corrected chi connectivity index (χ3v) is 3.65. The molecular formula is C13H28N2. The Balaban J connectivity index is 2.14. The summed E-state index contributed by atoms with van der Waals surface area (Å²) < 4.78 is 0. The average Bonchev–Trinajstić information content (AvgIpc) is 2.42. The normalized spacial score (nSPS) is 26.2. The molecule has 0 spiro atoms. The largest absolute Gasteiger partial charge is 0.328 e. The minimum atomic E-state index is 0.375. The molecule has 0 radical (unpaired) electrons. The van der Waals surface area contributed by atoms with Gasteiger partial charge in [-0.25, -0.2) is 0 Å². The summed E-state index contributed by atoms with van der Waals surface area (Å²) >= 11 is 0. The van der Waals surface area contributed by atoms with Crippen molar-refractivity contribution in [3.8, 4) is 0 Å². The molecule has 2 atom stereocenters. The fourth-order valence-electron chi connectivity index (χ4n) is 2.49. The Morgan fingerprint density at radius 3 is 2.80 bits per heavy atom. The molecule has 1 fully saturated rings. The zero-order valence-electron chi connectivity index (χ0n) is 10.5. The molecule has 1 aliphatic rings. The van der Waals surface area contributed by atoms with Crippen LogP contribution in [0.15, 0.2) is 0 Å².